The molecule has 0 amide bonds. The molecule has 0 aliphatic heterocycles. The molecule has 0 fully saturated rings. The van der Waals surface area contributed by atoms with Gasteiger partial charge in [-0.15, -0.1) is 0 Å². The Morgan fingerprint density at radius 1 is 1.55 bits per heavy atom. The minimum Gasteiger partial charge on any atom is -1.00 e. The first-order valence-electron chi connectivity index (χ1n) is 3.67. The predicted octanol–water partition coefficient (Wildman–Crippen LogP) is -2.20. The minimum absolute atomic E-state index is 0. The topological polar surface area (TPSA) is 52.3 Å². The molecule has 3 nitrogen and oxygen atoms in total. The summed E-state index contributed by atoms with van der Waals surface area (Å²) in [6.07, 6.45) is 3.19. The maximum absolute atomic E-state index is 10.4. The average Bonchev–Trinajstić information content (AvgIpc) is 1.98. The molecule has 0 radical (unpaired) electrons. The van der Waals surface area contributed by atoms with E-state index in [1.807, 2.05) is 0 Å². The van der Waals surface area contributed by atoms with Crippen LogP contribution in [0.25, 0.3) is 0 Å². The van der Waals surface area contributed by atoms with Crippen LogP contribution in [0.15, 0.2) is 0 Å². The Bertz CT molecular complexity index is 103. The Hall–Kier alpha value is 1.07. The molecule has 0 aromatic carbocycles. The molecule has 0 aromatic heterocycles. The van der Waals surface area contributed by atoms with Gasteiger partial charge in [-0.25, -0.2) is 0 Å². The van der Waals surface area contributed by atoms with Crippen LogP contribution in [0.4, 0.5) is 0 Å². The number of esters is 1. The molecular formula is C7H16KNO2. The number of hydrogen-bond acceptors (Lipinski definition) is 3. The van der Waals surface area contributed by atoms with Crippen LogP contribution in [0, 0.1) is 0 Å². The molecule has 0 saturated heterocycles. The minimum atomic E-state index is -0.309. The maximum atomic E-state index is 10.4. The van der Waals surface area contributed by atoms with Gasteiger partial charge in [0.05, 0.1) is 13.2 Å². The first-order valence-corrected chi connectivity index (χ1v) is 3.67. The van der Waals surface area contributed by atoms with E-state index in [0.717, 1.165) is 19.3 Å². The Morgan fingerprint density at radius 2 is 2.18 bits per heavy atom. The van der Waals surface area contributed by atoms with Crippen LogP contribution in [-0.2, 0) is 9.53 Å². The molecule has 0 rings (SSSR count). The number of unbranched alkanes of at least 4 members (excludes halogenated alkanes) is 2. The molecule has 2 N–H and O–H groups in total. The van der Waals surface area contributed by atoms with E-state index in [1.54, 1.807) is 0 Å². The Morgan fingerprint density at radius 3 is 2.64 bits per heavy atom. The molecule has 0 unspecified atom stereocenters. The number of ether oxygens (including phenoxy) is 1. The summed E-state index contributed by atoms with van der Waals surface area (Å²) in [5.74, 6) is -0.309. The van der Waals surface area contributed by atoms with E-state index >= 15 is 0 Å². The third-order valence-corrected chi connectivity index (χ3v) is 1.18. The zero-order chi connectivity index (χ0) is 7.82. The monoisotopic (exact) mass is 185 g/mol. The molecule has 0 atom stereocenters. The SMILES string of the molecule is CCCCCOC(=O)CN.[H-].[K+]. The number of nitrogens with two attached hydrogens (primary N) is 1. The third kappa shape index (κ3) is 11.1. The quantitative estimate of drug-likeness (QED) is 0.300. The van der Waals surface area contributed by atoms with Gasteiger partial charge in [0, 0.05) is 0 Å². The van der Waals surface area contributed by atoms with Gasteiger partial charge in [0.2, 0.25) is 0 Å². The van der Waals surface area contributed by atoms with Crippen molar-refractivity contribution < 1.29 is 62.3 Å². The van der Waals surface area contributed by atoms with Gasteiger partial charge < -0.3 is 11.9 Å². The van der Waals surface area contributed by atoms with E-state index in [4.69, 9.17) is 10.5 Å². The van der Waals surface area contributed by atoms with Crippen molar-refractivity contribution in [1.29, 1.82) is 0 Å². The van der Waals surface area contributed by atoms with Crippen LogP contribution >= 0.6 is 0 Å². The van der Waals surface area contributed by atoms with Gasteiger partial charge in [-0.1, -0.05) is 19.8 Å². The van der Waals surface area contributed by atoms with Crippen molar-refractivity contribution >= 4 is 5.97 Å². The van der Waals surface area contributed by atoms with Gasteiger partial charge in [0.25, 0.3) is 0 Å². The van der Waals surface area contributed by atoms with E-state index in [-0.39, 0.29) is 65.3 Å². The molecule has 0 saturated carbocycles. The first-order chi connectivity index (χ1) is 4.81. The molecule has 0 aliphatic rings. The van der Waals surface area contributed by atoms with E-state index in [0.29, 0.717) is 6.61 Å². The van der Waals surface area contributed by atoms with Crippen LogP contribution in [-0.4, -0.2) is 19.1 Å². The van der Waals surface area contributed by atoms with E-state index in [2.05, 4.69) is 6.92 Å². The maximum Gasteiger partial charge on any atom is 1.00 e. The third-order valence-electron chi connectivity index (χ3n) is 1.18. The van der Waals surface area contributed by atoms with Gasteiger partial charge in [-0.2, -0.15) is 0 Å². The summed E-state index contributed by atoms with van der Waals surface area (Å²) in [7, 11) is 0. The van der Waals surface area contributed by atoms with E-state index in [9.17, 15) is 4.79 Å². The number of rotatable bonds is 5. The van der Waals surface area contributed by atoms with Crippen LogP contribution in [0.1, 0.15) is 27.6 Å². The standard InChI is InChI=1S/C7H15NO2.K.H/c1-2-3-4-5-10-7(9)6-8;;/h2-6,8H2,1H3;;/q;+1;-1. The zero-order valence-corrected chi connectivity index (χ0v) is 10.6. The predicted molar refractivity (Wildman–Crippen MR) is 40.7 cm³/mol. The number of carbonyl (C=O) groups is 1. The molecule has 0 aromatic rings. The summed E-state index contributed by atoms with van der Waals surface area (Å²) in [6.45, 7) is 2.61. The smallest absolute Gasteiger partial charge is 1.00 e. The van der Waals surface area contributed by atoms with Crippen LogP contribution in [0.5, 0.6) is 0 Å². The van der Waals surface area contributed by atoms with Crippen molar-refractivity contribution in [2.75, 3.05) is 13.2 Å². The normalized spacial score (nSPS) is 8.55. The van der Waals surface area contributed by atoms with Crippen molar-refractivity contribution in [3.63, 3.8) is 0 Å². The van der Waals surface area contributed by atoms with Crippen molar-refractivity contribution in [2.45, 2.75) is 26.2 Å². The largest absolute Gasteiger partial charge is 1.00 e. The molecule has 0 spiro atoms. The van der Waals surface area contributed by atoms with Crippen molar-refractivity contribution in [3.8, 4) is 0 Å². The molecular weight excluding hydrogens is 169 g/mol. The Labute approximate surface area is 112 Å². The first kappa shape index (κ1) is 14.6. The molecule has 62 valence electrons. The van der Waals surface area contributed by atoms with Gasteiger partial charge in [-0.3, -0.25) is 4.79 Å². The molecule has 4 heteroatoms. The second-order valence-corrected chi connectivity index (χ2v) is 2.13. The van der Waals surface area contributed by atoms with Crippen molar-refractivity contribution in [3.05, 3.63) is 0 Å². The number of carbonyl (C=O) groups excluding carboxylic acids is 1. The summed E-state index contributed by atoms with van der Waals surface area (Å²) in [4.78, 5) is 10.4. The van der Waals surface area contributed by atoms with Gasteiger partial charge >= 0.3 is 57.4 Å². The summed E-state index contributed by atoms with van der Waals surface area (Å²) in [5, 5.41) is 0. The molecule has 0 bridgehead atoms. The fourth-order valence-electron chi connectivity index (χ4n) is 0.597. The second kappa shape index (κ2) is 11.1. The average molecular weight is 185 g/mol. The number of hydrogen-bond donors (Lipinski definition) is 1. The van der Waals surface area contributed by atoms with E-state index < -0.39 is 0 Å². The van der Waals surface area contributed by atoms with Crippen molar-refractivity contribution in [1.82, 2.24) is 0 Å². The molecule has 0 heterocycles. The van der Waals surface area contributed by atoms with E-state index in [1.165, 1.54) is 0 Å². The summed E-state index contributed by atoms with van der Waals surface area (Å²) in [5.41, 5.74) is 5.01. The van der Waals surface area contributed by atoms with Crippen LogP contribution < -0.4 is 57.1 Å². The van der Waals surface area contributed by atoms with Crippen LogP contribution in [0.2, 0.25) is 0 Å². The Balaban J connectivity index is -0.000000405. The molecule has 11 heavy (non-hydrogen) atoms. The zero-order valence-electron chi connectivity index (χ0n) is 8.43. The van der Waals surface area contributed by atoms with Crippen molar-refractivity contribution in [2.24, 2.45) is 5.73 Å². The van der Waals surface area contributed by atoms with Gasteiger partial charge in [0.1, 0.15) is 0 Å². The van der Waals surface area contributed by atoms with Gasteiger partial charge in [0.15, 0.2) is 0 Å². The van der Waals surface area contributed by atoms with Gasteiger partial charge in [-0.05, 0) is 6.42 Å². The summed E-state index contributed by atoms with van der Waals surface area (Å²) in [6, 6.07) is 0. The molecule has 0 aliphatic carbocycles. The van der Waals surface area contributed by atoms with Crippen LogP contribution in [0.3, 0.4) is 0 Å². The second-order valence-electron chi connectivity index (χ2n) is 2.13. The fourth-order valence-corrected chi connectivity index (χ4v) is 0.597. The summed E-state index contributed by atoms with van der Waals surface area (Å²) >= 11 is 0. The Kier molecular flexibility index (Phi) is 14.7. The fraction of sp³-hybridized carbons (Fsp3) is 0.857. The summed E-state index contributed by atoms with van der Waals surface area (Å²) < 4.78 is 4.73.